The molecule has 33 heavy (non-hydrogen) atoms. The number of benzene rings is 2. The van der Waals surface area contributed by atoms with Crippen molar-refractivity contribution < 1.29 is 18.8 Å². The number of hydrogen-bond donors (Lipinski definition) is 1. The van der Waals surface area contributed by atoms with E-state index < -0.39 is 0 Å². The van der Waals surface area contributed by atoms with E-state index in [0.29, 0.717) is 37.1 Å². The fourth-order valence-corrected chi connectivity index (χ4v) is 4.30. The SMILES string of the molecule is Cc1nc(-c2ccc(O[C@H]3CCN(C(=O)c4[nH]nc5c4COc4ccccc4-5)C3)cc2)no1. The summed E-state index contributed by atoms with van der Waals surface area (Å²) in [5.74, 6) is 2.51. The summed E-state index contributed by atoms with van der Waals surface area (Å²) in [6.07, 6.45) is 0.677. The topological polar surface area (TPSA) is 106 Å². The van der Waals surface area contributed by atoms with E-state index in [4.69, 9.17) is 14.0 Å². The summed E-state index contributed by atoms with van der Waals surface area (Å²) >= 11 is 0. The molecule has 2 aliphatic heterocycles. The van der Waals surface area contributed by atoms with Crippen molar-refractivity contribution in [3.05, 3.63) is 65.7 Å². The summed E-state index contributed by atoms with van der Waals surface area (Å²) < 4.78 is 17.0. The lowest BCUT2D eigenvalue weighted by molar-refractivity contribution is 0.0764. The van der Waals surface area contributed by atoms with Crippen molar-refractivity contribution in [2.75, 3.05) is 13.1 Å². The summed E-state index contributed by atoms with van der Waals surface area (Å²) in [4.78, 5) is 19.2. The second kappa shape index (κ2) is 7.77. The Morgan fingerprint density at radius 1 is 1.18 bits per heavy atom. The van der Waals surface area contributed by atoms with Gasteiger partial charge in [0.2, 0.25) is 11.7 Å². The molecule has 6 rings (SSSR count). The summed E-state index contributed by atoms with van der Waals surface area (Å²) in [5.41, 5.74) is 3.82. The van der Waals surface area contributed by atoms with Crippen molar-refractivity contribution in [2.24, 2.45) is 0 Å². The first kappa shape index (κ1) is 19.5. The molecule has 166 valence electrons. The van der Waals surface area contributed by atoms with Gasteiger partial charge in [-0.15, -0.1) is 0 Å². The van der Waals surface area contributed by atoms with Crippen molar-refractivity contribution in [2.45, 2.75) is 26.1 Å². The maximum Gasteiger partial charge on any atom is 0.272 e. The van der Waals surface area contributed by atoms with Gasteiger partial charge in [0.1, 0.15) is 35.6 Å². The van der Waals surface area contributed by atoms with Crippen LogP contribution in [0.5, 0.6) is 11.5 Å². The highest BCUT2D eigenvalue weighted by molar-refractivity contribution is 5.96. The third kappa shape index (κ3) is 3.51. The highest BCUT2D eigenvalue weighted by atomic mass is 16.5. The quantitative estimate of drug-likeness (QED) is 0.513. The van der Waals surface area contributed by atoms with Gasteiger partial charge in [-0.25, -0.2) is 0 Å². The fourth-order valence-electron chi connectivity index (χ4n) is 4.30. The van der Waals surface area contributed by atoms with Crippen molar-refractivity contribution in [3.8, 4) is 34.1 Å². The van der Waals surface area contributed by atoms with Crippen molar-refractivity contribution in [1.29, 1.82) is 0 Å². The molecule has 2 aromatic carbocycles. The molecule has 0 radical (unpaired) electrons. The van der Waals surface area contributed by atoms with Crippen molar-refractivity contribution >= 4 is 5.91 Å². The molecular weight excluding hydrogens is 422 g/mol. The molecular formula is C24H21N5O4. The zero-order valence-electron chi connectivity index (χ0n) is 17.9. The predicted octanol–water partition coefficient (Wildman–Crippen LogP) is 3.62. The van der Waals surface area contributed by atoms with E-state index in [2.05, 4.69) is 20.3 Å². The molecule has 1 amide bonds. The molecule has 2 aromatic heterocycles. The van der Waals surface area contributed by atoms with Gasteiger partial charge in [-0.3, -0.25) is 9.89 Å². The minimum absolute atomic E-state index is 0.0806. The van der Waals surface area contributed by atoms with E-state index in [1.165, 1.54) is 0 Å². The molecule has 0 spiro atoms. The molecule has 1 atom stereocenters. The van der Waals surface area contributed by atoms with E-state index in [9.17, 15) is 4.79 Å². The molecule has 1 fully saturated rings. The van der Waals surface area contributed by atoms with Crippen LogP contribution in [0.3, 0.4) is 0 Å². The molecule has 1 N–H and O–H groups in total. The maximum atomic E-state index is 13.2. The number of rotatable bonds is 4. The van der Waals surface area contributed by atoms with E-state index in [1.54, 1.807) is 11.8 Å². The number of nitrogens with one attached hydrogen (secondary N) is 1. The Morgan fingerprint density at radius 3 is 2.85 bits per heavy atom. The van der Waals surface area contributed by atoms with Crippen LogP contribution in [-0.2, 0) is 6.61 Å². The number of fused-ring (bicyclic) bond motifs is 3. The molecule has 9 nitrogen and oxygen atoms in total. The molecule has 0 saturated carbocycles. The third-order valence-electron chi connectivity index (χ3n) is 5.97. The summed E-state index contributed by atoms with van der Waals surface area (Å²) in [5, 5.41) is 11.3. The van der Waals surface area contributed by atoms with Gasteiger partial charge in [0.25, 0.3) is 5.91 Å². The number of ether oxygens (including phenoxy) is 2. The number of carbonyl (C=O) groups is 1. The van der Waals surface area contributed by atoms with Crippen molar-refractivity contribution in [1.82, 2.24) is 25.2 Å². The zero-order valence-corrected chi connectivity index (χ0v) is 17.9. The second-order valence-corrected chi connectivity index (χ2v) is 8.15. The van der Waals surface area contributed by atoms with Gasteiger partial charge < -0.3 is 18.9 Å². The molecule has 0 unspecified atom stereocenters. The van der Waals surface area contributed by atoms with E-state index in [1.807, 2.05) is 48.5 Å². The fraction of sp³-hybridized carbons (Fsp3) is 0.250. The minimum Gasteiger partial charge on any atom is -0.489 e. The predicted molar refractivity (Wildman–Crippen MR) is 118 cm³/mol. The number of aromatic amines is 1. The molecule has 2 aliphatic rings. The number of nitrogens with zero attached hydrogens (tertiary/aromatic N) is 4. The second-order valence-electron chi connectivity index (χ2n) is 8.15. The Labute approximate surface area is 189 Å². The lowest BCUT2D eigenvalue weighted by atomic mass is 10.0. The zero-order chi connectivity index (χ0) is 22.4. The number of para-hydroxylation sites is 1. The smallest absolute Gasteiger partial charge is 0.272 e. The van der Waals surface area contributed by atoms with E-state index in [0.717, 1.165) is 40.3 Å². The molecule has 0 aliphatic carbocycles. The highest BCUT2D eigenvalue weighted by Gasteiger charge is 2.33. The van der Waals surface area contributed by atoms with Gasteiger partial charge in [0.05, 0.1) is 6.54 Å². The first-order chi connectivity index (χ1) is 16.2. The first-order valence-corrected chi connectivity index (χ1v) is 10.8. The third-order valence-corrected chi connectivity index (χ3v) is 5.97. The van der Waals surface area contributed by atoms with Crippen LogP contribution in [-0.4, -0.2) is 50.3 Å². The van der Waals surface area contributed by atoms with Gasteiger partial charge in [-0.05, 0) is 36.4 Å². The largest absolute Gasteiger partial charge is 0.489 e. The van der Waals surface area contributed by atoms with E-state index >= 15 is 0 Å². The number of aryl methyl sites for hydroxylation is 1. The number of hydrogen-bond acceptors (Lipinski definition) is 7. The van der Waals surface area contributed by atoms with Gasteiger partial charge >= 0.3 is 0 Å². The highest BCUT2D eigenvalue weighted by Crippen LogP contribution is 2.37. The molecule has 1 saturated heterocycles. The van der Waals surface area contributed by atoms with Gasteiger partial charge in [0.15, 0.2) is 0 Å². The number of likely N-dealkylation sites (tertiary alicyclic amines) is 1. The van der Waals surface area contributed by atoms with Crippen LogP contribution in [0.15, 0.2) is 53.1 Å². The maximum absolute atomic E-state index is 13.2. The Balaban J connectivity index is 1.13. The molecule has 4 heterocycles. The van der Waals surface area contributed by atoms with E-state index in [-0.39, 0.29) is 12.0 Å². The number of carbonyl (C=O) groups excluding carboxylic acids is 1. The van der Waals surface area contributed by atoms with Crippen LogP contribution in [0.1, 0.15) is 28.4 Å². The molecule has 4 aromatic rings. The normalized spacial score (nSPS) is 16.8. The molecule has 0 bridgehead atoms. The number of amides is 1. The van der Waals surface area contributed by atoms with Crippen LogP contribution in [0, 0.1) is 6.92 Å². The first-order valence-electron chi connectivity index (χ1n) is 10.8. The Hall–Kier alpha value is -4.14. The van der Waals surface area contributed by atoms with Crippen LogP contribution in [0.2, 0.25) is 0 Å². The minimum atomic E-state index is -0.0827. The van der Waals surface area contributed by atoms with Crippen LogP contribution >= 0.6 is 0 Å². The van der Waals surface area contributed by atoms with Gasteiger partial charge in [-0.2, -0.15) is 10.1 Å². The van der Waals surface area contributed by atoms with Gasteiger partial charge in [0, 0.05) is 36.6 Å². The number of H-pyrrole nitrogens is 1. The standard InChI is InChI=1S/C24H21N5O4/c1-14-25-23(28-33-14)15-6-8-16(9-7-15)32-17-10-11-29(12-17)24(30)22-19-13-31-20-5-3-2-4-18(20)21(19)26-27-22/h2-9,17H,10-13H2,1H3,(H,26,27)/t17-/m0/s1. The monoisotopic (exact) mass is 443 g/mol. The molecule has 9 heteroatoms. The van der Waals surface area contributed by atoms with Crippen molar-refractivity contribution in [3.63, 3.8) is 0 Å². The average molecular weight is 443 g/mol. The lowest BCUT2D eigenvalue weighted by Crippen LogP contribution is -2.32. The summed E-state index contributed by atoms with van der Waals surface area (Å²) in [7, 11) is 0. The van der Waals surface area contributed by atoms with Crippen LogP contribution in [0.25, 0.3) is 22.6 Å². The average Bonchev–Trinajstić information content (AvgIpc) is 3.59. The summed E-state index contributed by atoms with van der Waals surface area (Å²) in [6, 6.07) is 15.3. The Morgan fingerprint density at radius 2 is 2.03 bits per heavy atom. The lowest BCUT2D eigenvalue weighted by Gasteiger charge is -2.19. The Bertz CT molecular complexity index is 1330. The van der Waals surface area contributed by atoms with Gasteiger partial charge in [-0.1, -0.05) is 17.3 Å². The Kier molecular flexibility index (Phi) is 4.60. The van der Waals surface area contributed by atoms with Crippen LogP contribution < -0.4 is 9.47 Å². The van der Waals surface area contributed by atoms with Crippen LogP contribution in [0.4, 0.5) is 0 Å². The summed E-state index contributed by atoms with van der Waals surface area (Å²) in [6.45, 7) is 3.21. The number of aromatic nitrogens is 4.